The summed E-state index contributed by atoms with van der Waals surface area (Å²) in [6, 6.07) is 11.3. The van der Waals surface area contributed by atoms with Crippen LogP contribution >= 0.6 is 35.6 Å². The van der Waals surface area contributed by atoms with Gasteiger partial charge in [0.25, 0.3) is 0 Å². The van der Waals surface area contributed by atoms with E-state index in [4.69, 9.17) is 16.0 Å². The van der Waals surface area contributed by atoms with Crippen LogP contribution in [0.3, 0.4) is 0 Å². The fourth-order valence-corrected chi connectivity index (χ4v) is 2.15. The second kappa shape index (κ2) is 11.8. The smallest absolute Gasteiger partial charge is 0.239 e. The van der Waals surface area contributed by atoms with Gasteiger partial charge in [0.15, 0.2) is 5.96 Å². The maximum absolute atomic E-state index is 11.8. The first-order valence-electron chi connectivity index (χ1n) is 7.65. The number of aliphatic imine (C=N–C) groups is 1. The number of carbonyl (C=O) groups is 1. The standard InChI is InChI=1S/C17H21ClN4O2.HI/c1-19-17(20-9-8-13-4-6-14(18)7-5-13)22-12-16(23)21-11-15-3-2-10-24-15;/h2-7,10H,8-9,11-12H2,1H3,(H,21,23)(H2,19,20,22);1H. The van der Waals surface area contributed by atoms with E-state index in [0.717, 1.165) is 11.4 Å². The molecule has 0 aliphatic rings. The van der Waals surface area contributed by atoms with Crippen molar-refractivity contribution < 1.29 is 9.21 Å². The van der Waals surface area contributed by atoms with Gasteiger partial charge in [-0.15, -0.1) is 24.0 Å². The Balaban J connectivity index is 0.00000312. The Bertz CT molecular complexity index is 660. The monoisotopic (exact) mass is 476 g/mol. The average Bonchev–Trinajstić information content (AvgIpc) is 3.11. The Kier molecular flexibility index (Phi) is 10.0. The van der Waals surface area contributed by atoms with Crippen molar-refractivity contribution >= 4 is 47.4 Å². The second-order valence-electron chi connectivity index (χ2n) is 5.09. The van der Waals surface area contributed by atoms with Crippen molar-refractivity contribution in [2.45, 2.75) is 13.0 Å². The van der Waals surface area contributed by atoms with Gasteiger partial charge in [0, 0.05) is 18.6 Å². The molecule has 0 aliphatic heterocycles. The molecule has 2 aromatic rings. The molecule has 136 valence electrons. The predicted molar refractivity (Wildman–Crippen MR) is 110 cm³/mol. The van der Waals surface area contributed by atoms with Crippen LogP contribution in [0.2, 0.25) is 5.02 Å². The van der Waals surface area contributed by atoms with Crippen LogP contribution in [-0.4, -0.2) is 32.0 Å². The van der Waals surface area contributed by atoms with Gasteiger partial charge in [-0.1, -0.05) is 23.7 Å². The van der Waals surface area contributed by atoms with Crippen LogP contribution < -0.4 is 16.0 Å². The molecule has 0 saturated heterocycles. The van der Waals surface area contributed by atoms with Gasteiger partial charge in [0.2, 0.25) is 5.91 Å². The number of nitrogens with zero attached hydrogens (tertiary/aromatic N) is 1. The summed E-state index contributed by atoms with van der Waals surface area (Å²) in [5.41, 5.74) is 1.18. The number of hydrogen-bond donors (Lipinski definition) is 3. The number of guanidine groups is 1. The number of hydrogen-bond acceptors (Lipinski definition) is 3. The average molecular weight is 477 g/mol. The molecule has 1 aromatic carbocycles. The molecule has 0 spiro atoms. The highest BCUT2D eigenvalue weighted by atomic mass is 127. The first-order valence-corrected chi connectivity index (χ1v) is 8.03. The van der Waals surface area contributed by atoms with Crippen molar-refractivity contribution in [2.24, 2.45) is 4.99 Å². The van der Waals surface area contributed by atoms with Gasteiger partial charge in [-0.2, -0.15) is 0 Å². The topological polar surface area (TPSA) is 78.7 Å². The number of halogens is 2. The number of carbonyl (C=O) groups excluding carboxylic acids is 1. The van der Waals surface area contributed by atoms with Crippen LogP contribution in [0, 0.1) is 0 Å². The minimum Gasteiger partial charge on any atom is -0.467 e. The van der Waals surface area contributed by atoms with Crippen LogP contribution in [0.5, 0.6) is 0 Å². The molecule has 2 rings (SSSR count). The van der Waals surface area contributed by atoms with E-state index < -0.39 is 0 Å². The quantitative estimate of drug-likeness (QED) is 0.326. The third-order valence-corrected chi connectivity index (χ3v) is 3.55. The molecule has 6 nitrogen and oxygen atoms in total. The molecular weight excluding hydrogens is 455 g/mol. The minimum absolute atomic E-state index is 0. The molecule has 0 atom stereocenters. The highest BCUT2D eigenvalue weighted by Crippen LogP contribution is 2.09. The van der Waals surface area contributed by atoms with E-state index in [1.165, 1.54) is 5.56 Å². The van der Waals surface area contributed by atoms with Crippen LogP contribution in [-0.2, 0) is 17.8 Å². The molecular formula is C17H22ClIN4O2. The molecule has 0 saturated carbocycles. The molecule has 8 heteroatoms. The molecule has 1 aromatic heterocycles. The molecule has 0 unspecified atom stereocenters. The fraction of sp³-hybridized carbons (Fsp3) is 0.294. The van der Waals surface area contributed by atoms with Crippen LogP contribution in [0.15, 0.2) is 52.1 Å². The van der Waals surface area contributed by atoms with Gasteiger partial charge in [-0.05, 0) is 36.2 Å². The van der Waals surface area contributed by atoms with Crippen LogP contribution in [0.4, 0.5) is 0 Å². The van der Waals surface area contributed by atoms with Crippen molar-refractivity contribution in [2.75, 3.05) is 20.1 Å². The Morgan fingerprint density at radius 1 is 1.16 bits per heavy atom. The predicted octanol–water partition coefficient (Wildman–Crippen LogP) is 2.57. The third kappa shape index (κ3) is 8.26. The van der Waals surface area contributed by atoms with Gasteiger partial charge >= 0.3 is 0 Å². The summed E-state index contributed by atoms with van der Waals surface area (Å²) in [6.07, 6.45) is 2.41. The number of rotatable bonds is 7. The Hall–Kier alpha value is -1.74. The van der Waals surface area contributed by atoms with Gasteiger partial charge in [0.1, 0.15) is 5.76 Å². The number of benzene rings is 1. The molecule has 25 heavy (non-hydrogen) atoms. The van der Waals surface area contributed by atoms with Crippen molar-refractivity contribution in [3.05, 3.63) is 59.0 Å². The molecule has 3 N–H and O–H groups in total. The second-order valence-corrected chi connectivity index (χ2v) is 5.52. The highest BCUT2D eigenvalue weighted by molar-refractivity contribution is 14.0. The van der Waals surface area contributed by atoms with E-state index in [1.54, 1.807) is 19.4 Å². The molecule has 0 bridgehead atoms. The molecule has 0 aliphatic carbocycles. The molecule has 0 radical (unpaired) electrons. The summed E-state index contributed by atoms with van der Waals surface area (Å²) in [5, 5.41) is 9.62. The van der Waals surface area contributed by atoms with Crippen molar-refractivity contribution in [3.8, 4) is 0 Å². The van der Waals surface area contributed by atoms with Crippen molar-refractivity contribution in [3.63, 3.8) is 0 Å². The van der Waals surface area contributed by atoms with E-state index >= 15 is 0 Å². The van der Waals surface area contributed by atoms with Gasteiger partial charge in [-0.3, -0.25) is 9.79 Å². The lowest BCUT2D eigenvalue weighted by Gasteiger charge is -2.11. The highest BCUT2D eigenvalue weighted by Gasteiger charge is 2.04. The fourth-order valence-electron chi connectivity index (χ4n) is 2.02. The minimum atomic E-state index is -0.132. The molecule has 1 heterocycles. The number of nitrogens with one attached hydrogen (secondary N) is 3. The summed E-state index contributed by atoms with van der Waals surface area (Å²) >= 11 is 5.86. The maximum Gasteiger partial charge on any atom is 0.239 e. The lowest BCUT2D eigenvalue weighted by molar-refractivity contribution is -0.120. The van der Waals surface area contributed by atoms with Crippen molar-refractivity contribution in [1.29, 1.82) is 0 Å². The van der Waals surface area contributed by atoms with E-state index in [1.807, 2.05) is 30.3 Å². The van der Waals surface area contributed by atoms with Gasteiger partial charge in [0.05, 0.1) is 19.4 Å². The van der Waals surface area contributed by atoms with E-state index in [-0.39, 0.29) is 36.4 Å². The zero-order valence-electron chi connectivity index (χ0n) is 13.9. The molecule has 1 amide bonds. The maximum atomic E-state index is 11.8. The largest absolute Gasteiger partial charge is 0.467 e. The molecule has 0 fully saturated rings. The van der Waals surface area contributed by atoms with Crippen LogP contribution in [0.25, 0.3) is 0 Å². The first-order chi connectivity index (χ1) is 11.7. The SMILES string of the molecule is CN=C(NCCc1ccc(Cl)cc1)NCC(=O)NCc1ccco1.I. The first kappa shape index (κ1) is 21.3. The van der Waals surface area contributed by atoms with E-state index in [9.17, 15) is 4.79 Å². The van der Waals surface area contributed by atoms with E-state index in [0.29, 0.717) is 24.8 Å². The summed E-state index contributed by atoms with van der Waals surface area (Å²) < 4.78 is 5.15. The number of amides is 1. The Labute approximate surface area is 169 Å². The Morgan fingerprint density at radius 3 is 2.56 bits per heavy atom. The summed E-state index contributed by atoms with van der Waals surface area (Å²) in [7, 11) is 1.67. The lowest BCUT2D eigenvalue weighted by Crippen LogP contribution is -2.43. The lowest BCUT2D eigenvalue weighted by atomic mass is 10.1. The zero-order valence-corrected chi connectivity index (χ0v) is 17.0. The van der Waals surface area contributed by atoms with Crippen LogP contribution in [0.1, 0.15) is 11.3 Å². The summed E-state index contributed by atoms with van der Waals surface area (Å²) in [6.45, 7) is 1.22. The normalized spacial score (nSPS) is 10.7. The Morgan fingerprint density at radius 2 is 1.92 bits per heavy atom. The number of furan rings is 1. The van der Waals surface area contributed by atoms with Gasteiger partial charge < -0.3 is 20.4 Å². The van der Waals surface area contributed by atoms with Gasteiger partial charge in [-0.25, -0.2) is 0 Å². The summed E-state index contributed by atoms with van der Waals surface area (Å²) in [5.74, 6) is 1.16. The third-order valence-electron chi connectivity index (χ3n) is 3.30. The summed E-state index contributed by atoms with van der Waals surface area (Å²) in [4.78, 5) is 15.9. The van der Waals surface area contributed by atoms with E-state index in [2.05, 4.69) is 20.9 Å². The van der Waals surface area contributed by atoms with Crippen molar-refractivity contribution in [1.82, 2.24) is 16.0 Å². The zero-order chi connectivity index (χ0) is 17.2.